The van der Waals surface area contributed by atoms with E-state index in [0.29, 0.717) is 18.4 Å². The van der Waals surface area contributed by atoms with Crippen LogP contribution in [0, 0.1) is 0 Å². The van der Waals surface area contributed by atoms with Gasteiger partial charge in [-0.1, -0.05) is 30.3 Å². The zero-order valence-electron chi connectivity index (χ0n) is 14.1. The fourth-order valence-corrected chi connectivity index (χ4v) is 2.41. The number of hydrogen-bond acceptors (Lipinski definition) is 6. The van der Waals surface area contributed by atoms with Crippen molar-refractivity contribution in [2.75, 3.05) is 11.9 Å². The molecule has 1 unspecified atom stereocenters. The molecule has 24 heavy (non-hydrogen) atoms. The van der Waals surface area contributed by atoms with Gasteiger partial charge in [0.05, 0.1) is 12.3 Å². The molecular formula is C17H22N6O. The van der Waals surface area contributed by atoms with Gasteiger partial charge in [-0.3, -0.25) is 4.68 Å². The molecule has 0 saturated carbocycles. The van der Waals surface area contributed by atoms with Crippen LogP contribution < -0.4 is 15.8 Å². The van der Waals surface area contributed by atoms with E-state index in [9.17, 15) is 0 Å². The van der Waals surface area contributed by atoms with E-state index in [4.69, 9.17) is 10.5 Å². The van der Waals surface area contributed by atoms with E-state index in [2.05, 4.69) is 20.4 Å². The molecule has 0 aliphatic heterocycles. The van der Waals surface area contributed by atoms with Crippen molar-refractivity contribution < 1.29 is 4.74 Å². The van der Waals surface area contributed by atoms with Crippen LogP contribution in [0.25, 0.3) is 11.0 Å². The number of anilines is 1. The van der Waals surface area contributed by atoms with Crippen LogP contribution in [0.15, 0.2) is 36.5 Å². The van der Waals surface area contributed by atoms with Gasteiger partial charge in [0.25, 0.3) is 0 Å². The molecule has 2 aromatic heterocycles. The molecule has 3 N–H and O–H groups in total. The standard InChI is InChI=1S/C17H22N6O/c1-11(2)24-16-13-9-20-23(3)15(13)21-17(22-16)19-10-14(18)12-7-5-4-6-8-12/h4-9,11,14H,10,18H2,1-3H3,(H,19,21,22). The minimum absolute atomic E-state index is 0.0164. The highest BCUT2D eigenvalue weighted by molar-refractivity contribution is 5.81. The van der Waals surface area contributed by atoms with E-state index in [1.165, 1.54) is 0 Å². The van der Waals surface area contributed by atoms with Crippen molar-refractivity contribution in [3.05, 3.63) is 42.1 Å². The van der Waals surface area contributed by atoms with Crippen LogP contribution in [0.1, 0.15) is 25.5 Å². The first-order valence-corrected chi connectivity index (χ1v) is 7.95. The van der Waals surface area contributed by atoms with Crippen molar-refractivity contribution in [2.24, 2.45) is 12.8 Å². The van der Waals surface area contributed by atoms with Crippen LogP contribution in [0.3, 0.4) is 0 Å². The van der Waals surface area contributed by atoms with Gasteiger partial charge in [0.1, 0.15) is 5.39 Å². The minimum atomic E-state index is -0.147. The zero-order chi connectivity index (χ0) is 17.1. The molecule has 0 spiro atoms. The summed E-state index contributed by atoms with van der Waals surface area (Å²) in [4.78, 5) is 8.98. The minimum Gasteiger partial charge on any atom is -0.474 e. The maximum Gasteiger partial charge on any atom is 0.229 e. The molecule has 126 valence electrons. The number of aryl methyl sites for hydroxylation is 1. The fraction of sp³-hybridized carbons (Fsp3) is 0.353. The molecule has 0 aliphatic rings. The quantitative estimate of drug-likeness (QED) is 0.722. The molecular weight excluding hydrogens is 304 g/mol. The number of benzene rings is 1. The lowest BCUT2D eigenvalue weighted by Gasteiger charge is -2.15. The Morgan fingerprint density at radius 3 is 2.67 bits per heavy atom. The summed E-state index contributed by atoms with van der Waals surface area (Å²) in [5.41, 5.74) is 8.00. The van der Waals surface area contributed by atoms with Gasteiger partial charge < -0.3 is 15.8 Å². The number of ether oxygens (including phenoxy) is 1. The van der Waals surface area contributed by atoms with Crippen molar-refractivity contribution in [1.29, 1.82) is 0 Å². The number of rotatable bonds is 6. The van der Waals surface area contributed by atoms with Gasteiger partial charge in [0.15, 0.2) is 5.65 Å². The normalized spacial score (nSPS) is 12.5. The molecule has 0 aliphatic carbocycles. The Hall–Kier alpha value is -2.67. The largest absolute Gasteiger partial charge is 0.474 e. The first kappa shape index (κ1) is 16.2. The lowest BCUT2D eigenvalue weighted by Crippen LogP contribution is -2.21. The van der Waals surface area contributed by atoms with E-state index in [1.54, 1.807) is 10.9 Å². The molecule has 0 saturated heterocycles. The summed E-state index contributed by atoms with van der Waals surface area (Å²) in [6.07, 6.45) is 1.73. The first-order valence-electron chi connectivity index (χ1n) is 7.95. The van der Waals surface area contributed by atoms with Crippen LogP contribution in [-0.2, 0) is 7.05 Å². The molecule has 0 bridgehead atoms. The second-order valence-electron chi connectivity index (χ2n) is 5.92. The van der Waals surface area contributed by atoms with Crippen molar-refractivity contribution in [3.8, 4) is 5.88 Å². The molecule has 7 nitrogen and oxygen atoms in total. The number of nitrogens with one attached hydrogen (secondary N) is 1. The summed E-state index contributed by atoms with van der Waals surface area (Å²) in [5, 5.41) is 8.22. The summed E-state index contributed by atoms with van der Waals surface area (Å²) in [5.74, 6) is 1.01. The third-order valence-electron chi connectivity index (χ3n) is 3.61. The molecule has 3 aromatic rings. The van der Waals surface area contributed by atoms with Crippen molar-refractivity contribution >= 4 is 17.0 Å². The molecule has 1 aromatic carbocycles. The van der Waals surface area contributed by atoms with Crippen LogP contribution in [0.4, 0.5) is 5.95 Å². The molecule has 7 heteroatoms. The third-order valence-corrected chi connectivity index (χ3v) is 3.61. The van der Waals surface area contributed by atoms with Crippen LogP contribution >= 0.6 is 0 Å². The Bertz CT molecular complexity index is 815. The maximum atomic E-state index is 6.22. The predicted octanol–water partition coefficient (Wildman–Crippen LogP) is 2.26. The summed E-state index contributed by atoms with van der Waals surface area (Å²) in [6, 6.07) is 9.78. The van der Waals surface area contributed by atoms with Gasteiger partial charge in [-0.25, -0.2) is 0 Å². The monoisotopic (exact) mass is 326 g/mol. The van der Waals surface area contributed by atoms with E-state index in [0.717, 1.165) is 16.6 Å². The maximum absolute atomic E-state index is 6.22. The second-order valence-corrected chi connectivity index (χ2v) is 5.92. The van der Waals surface area contributed by atoms with Gasteiger partial charge in [0, 0.05) is 19.6 Å². The van der Waals surface area contributed by atoms with E-state index in [-0.39, 0.29) is 12.1 Å². The van der Waals surface area contributed by atoms with Gasteiger partial charge in [-0.2, -0.15) is 15.1 Å². The van der Waals surface area contributed by atoms with E-state index >= 15 is 0 Å². The molecule has 0 fully saturated rings. The van der Waals surface area contributed by atoms with E-state index in [1.807, 2.05) is 51.2 Å². The summed E-state index contributed by atoms with van der Waals surface area (Å²) >= 11 is 0. The van der Waals surface area contributed by atoms with Crippen LogP contribution in [-0.4, -0.2) is 32.4 Å². The fourth-order valence-electron chi connectivity index (χ4n) is 2.41. The number of nitrogens with two attached hydrogens (primary N) is 1. The Labute approximate surface area is 140 Å². The second kappa shape index (κ2) is 6.84. The van der Waals surface area contributed by atoms with Gasteiger partial charge in [0.2, 0.25) is 11.8 Å². The van der Waals surface area contributed by atoms with Gasteiger partial charge in [-0.15, -0.1) is 0 Å². The Kier molecular flexibility index (Phi) is 4.61. The smallest absolute Gasteiger partial charge is 0.229 e. The van der Waals surface area contributed by atoms with Gasteiger partial charge >= 0.3 is 0 Å². The summed E-state index contributed by atoms with van der Waals surface area (Å²) in [7, 11) is 1.84. The van der Waals surface area contributed by atoms with E-state index < -0.39 is 0 Å². The lowest BCUT2D eigenvalue weighted by molar-refractivity contribution is 0.236. The predicted molar refractivity (Wildman–Crippen MR) is 93.9 cm³/mol. The molecule has 3 rings (SSSR count). The highest BCUT2D eigenvalue weighted by atomic mass is 16.5. The summed E-state index contributed by atoms with van der Waals surface area (Å²) < 4.78 is 7.50. The first-order chi connectivity index (χ1) is 11.5. The SMILES string of the molecule is CC(C)Oc1nc(NCC(N)c2ccccc2)nc2c1cnn2C. The highest BCUT2D eigenvalue weighted by Gasteiger charge is 2.14. The molecule has 0 amide bonds. The van der Waals surface area contributed by atoms with Crippen molar-refractivity contribution in [3.63, 3.8) is 0 Å². The highest BCUT2D eigenvalue weighted by Crippen LogP contribution is 2.24. The van der Waals surface area contributed by atoms with Crippen molar-refractivity contribution in [1.82, 2.24) is 19.7 Å². The average molecular weight is 326 g/mol. The molecule has 0 radical (unpaired) electrons. The Balaban J connectivity index is 1.82. The number of aromatic nitrogens is 4. The van der Waals surface area contributed by atoms with Crippen LogP contribution in [0.5, 0.6) is 5.88 Å². The van der Waals surface area contributed by atoms with Crippen LogP contribution in [0.2, 0.25) is 0 Å². The third kappa shape index (κ3) is 3.46. The van der Waals surface area contributed by atoms with Gasteiger partial charge in [-0.05, 0) is 19.4 Å². The topological polar surface area (TPSA) is 90.9 Å². The summed E-state index contributed by atoms with van der Waals surface area (Å²) in [6.45, 7) is 4.44. The Morgan fingerprint density at radius 2 is 1.96 bits per heavy atom. The molecule has 1 atom stereocenters. The Morgan fingerprint density at radius 1 is 1.21 bits per heavy atom. The number of nitrogens with zero attached hydrogens (tertiary/aromatic N) is 4. The van der Waals surface area contributed by atoms with Crippen molar-refractivity contribution in [2.45, 2.75) is 26.0 Å². The molecule has 2 heterocycles. The number of hydrogen-bond donors (Lipinski definition) is 2. The zero-order valence-corrected chi connectivity index (χ0v) is 14.1. The number of fused-ring (bicyclic) bond motifs is 1. The lowest BCUT2D eigenvalue weighted by atomic mass is 10.1. The average Bonchev–Trinajstić information content (AvgIpc) is 2.94.